The molecule has 112 valence electrons. The van der Waals surface area contributed by atoms with Crippen molar-refractivity contribution in [2.75, 3.05) is 38.0 Å². The first-order chi connectivity index (χ1) is 10.2. The van der Waals surface area contributed by atoms with Crippen LogP contribution in [0.4, 0.5) is 10.5 Å². The maximum absolute atomic E-state index is 12.3. The minimum absolute atomic E-state index is 0.192. The van der Waals surface area contributed by atoms with Crippen LogP contribution in [0.3, 0.4) is 0 Å². The Kier molecular flexibility index (Phi) is 4.14. The second-order valence-electron chi connectivity index (χ2n) is 4.57. The number of ether oxygens (including phenoxy) is 1. The number of rotatable bonds is 1. The van der Waals surface area contributed by atoms with Gasteiger partial charge in [0.05, 0.1) is 28.9 Å². The molecule has 2 amide bonds. The predicted molar refractivity (Wildman–Crippen MR) is 78.3 cm³/mol. The molecule has 1 saturated heterocycles. The van der Waals surface area contributed by atoms with E-state index in [1.165, 1.54) is 10.0 Å². The predicted octanol–water partition coefficient (Wildman–Crippen LogP) is 2.81. The SMILES string of the molecule is O=C(N1CCOCC1)N1CN(c2cccc(Cl)c2Cl)N=N1. The second kappa shape index (κ2) is 6.05. The van der Waals surface area contributed by atoms with Gasteiger partial charge in [-0.1, -0.05) is 29.3 Å². The van der Waals surface area contributed by atoms with Crippen LogP contribution >= 0.6 is 23.2 Å². The summed E-state index contributed by atoms with van der Waals surface area (Å²) in [5.41, 5.74) is 0.616. The third-order valence-electron chi connectivity index (χ3n) is 3.24. The molecule has 0 bridgehead atoms. The van der Waals surface area contributed by atoms with Crippen LogP contribution in [0.15, 0.2) is 28.6 Å². The lowest BCUT2D eigenvalue weighted by Crippen LogP contribution is -2.47. The fraction of sp³-hybridized carbons (Fsp3) is 0.417. The van der Waals surface area contributed by atoms with E-state index < -0.39 is 0 Å². The van der Waals surface area contributed by atoms with Gasteiger partial charge in [0, 0.05) is 13.1 Å². The molecule has 7 nitrogen and oxygen atoms in total. The highest BCUT2D eigenvalue weighted by atomic mass is 35.5. The molecule has 0 radical (unpaired) electrons. The molecule has 3 rings (SSSR count). The molecule has 0 aromatic heterocycles. The van der Waals surface area contributed by atoms with Gasteiger partial charge in [-0.25, -0.2) is 9.80 Å². The number of carbonyl (C=O) groups is 1. The van der Waals surface area contributed by atoms with Crippen LogP contribution in [0.1, 0.15) is 0 Å². The first-order valence-electron chi connectivity index (χ1n) is 6.44. The van der Waals surface area contributed by atoms with E-state index in [0.29, 0.717) is 42.0 Å². The third-order valence-corrected chi connectivity index (χ3v) is 4.04. The molecule has 1 aromatic carbocycles. The van der Waals surface area contributed by atoms with Crippen LogP contribution in [-0.2, 0) is 4.74 Å². The topological polar surface area (TPSA) is 60.7 Å². The Balaban J connectivity index is 1.69. The van der Waals surface area contributed by atoms with Crippen molar-refractivity contribution >= 4 is 34.9 Å². The molecule has 0 N–H and O–H groups in total. The molecule has 0 unspecified atom stereocenters. The van der Waals surface area contributed by atoms with Crippen molar-refractivity contribution < 1.29 is 9.53 Å². The number of halogens is 2. The van der Waals surface area contributed by atoms with E-state index in [-0.39, 0.29) is 12.7 Å². The summed E-state index contributed by atoms with van der Waals surface area (Å²) in [5.74, 6) is 0. The second-order valence-corrected chi connectivity index (χ2v) is 5.36. The quantitative estimate of drug-likeness (QED) is 0.795. The Morgan fingerprint density at radius 3 is 2.71 bits per heavy atom. The van der Waals surface area contributed by atoms with E-state index in [2.05, 4.69) is 10.4 Å². The number of hydrogen-bond donors (Lipinski definition) is 0. The Bertz CT molecular complexity index is 577. The average Bonchev–Trinajstić information content (AvgIpc) is 3.00. The zero-order valence-corrected chi connectivity index (χ0v) is 12.6. The van der Waals surface area contributed by atoms with E-state index in [0.717, 1.165) is 0 Å². The number of amides is 2. The minimum Gasteiger partial charge on any atom is -0.378 e. The number of anilines is 1. The number of urea groups is 1. The highest BCUT2D eigenvalue weighted by Gasteiger charge is 2.29. The van der Waals surface area contributed by atoms with Gasteiger partial charge in [0.2, 0.25) is 0 Å². The van der Waals surface area contributed by atoms with E-state index in [1.54, 1.807) is 23.1 Å². The molecule has 2 heterocycles. The largest absolute Gasteiger partial charge is 0.378 e. The standard InChI is InChI=1S/C12H13Cl2N5O2/c13-9-2-1-3-10(11(9)14)18-8-19(16-15-18)12(20)17-4-6-21-7-5-17/h1-3H,4-8H2. The molecule has 0 spiro atoms. The summed E-state index contributed by atoms with van der Waals surface area (Å²) in [6.07, 6.45) is 0. The van der Waals surface area contributed by atoms with Crippen LogP contribution in [0.25, 0.3) is 0 Å². The van der Waals surface area contributed by atoms with Gasteiger partial charge in [-0.15, -0.1) is 0 Å². The zero-order valence-electron chi connectivity index (χ0n) is 11.1. The first-order valence-corrected chi connectivity index (χ1v) is 7.20. The Morgan fingerprint density at radius 2 is 1.95 bits per heavy atom. The highest BCUT2D eigenvalue weighted by Crippen LogP contribution is 2.34. The Labute approximate surface area is 131 Å². The molecule has 1 aromatic rings. The molecule has 0 aliphatic carbocycles. The summed E-state index contributed by atoms with van der Waals surface area (Å²) in [7, 11) is 0. The molecule has 2 aliphatic rings. The normalized spacial score (nSPS) is 18.5. The van der Waals surface area contributed by atoms with E-state index in [4.69, 9.17) is 27.9 Å². The van der Waals surface area contributed by atoms with Crippen molar-refractivity contribution in [1.29, 1.82) is 0 Å². The highest BCUT2D eigenvalue weighted by molar-refractivity contribution is 6.43. The van der Waals surface area contributed by atoms with Gasteiger partial charge in [-0.2, -0.15) is 5.01 Å². The maximum Gasteiger partial charge on any atom is 0.343 e. The maximum atomic E-state index is 12.3. The summed E-state index contributed by atoms with van der Waals surface area (Å²) in [6, 6.07) is 5.04. The molecular weight excluding hydrogens is 317 g/mol. The Hall–Kier alpha value is -1.57. The van der Waals surface area contributed by atoms with Gasteiger partial charge in [-0.3, -0.25) is 0 Å². The van der Waals surface area contributed by atoms with Gasteiger partial charge in [-0.05, 0) is 22.6 Å². The number of hydrogen-bond acceptors (Lipinski definition) is 5. The van der Waals surface area contributed by atoms with Crippen molar-refractivity contribution in [3.8, 4) is 0 Å². The van der Waals surface area contributed by atoms with E-state index in [1.807, 2.05) is 0 Å². The number of nitrogens with zero attached hydrogens (tertiary/aromatic N) is 5. The van der Waals surface area contributed by atoms with E-state index in [9.17, 15) is 4.79 Å². The van der Waals surface area contributed by atoms with Gasteiger partial charge in [0.25, 0.3) is 0 Å². The molecule has 9 heteroatoms. The van der Waals surface area contributed by atoms with Crippen LogP contribution in [0, 0.1) is 0 Å². The van der Waals surface area contributed by atoms with Gasteiger partial charge in [0.1, 0.15) is 6.67 Å². The van der Waals surface area contributed by atoms with Crippen molar-refractivity contribution in [3.63, 3.8) is 0 Å². The van der Waals surface area contributed by atoms with E-state index >= 15 is 0 Å². The van der Waals surface area contributed by atoms with Gasteiger partial charge < -0.3 is 9.64 Å². The monoisotopic (exact) mass is 329 g/mol. The number of benzene rings is 1. The fourth-order valence-corrected chi connectivity index (χ4v) is 2.51. The summed E-state index contributed by atoms with van der Waals surface area (Å²) in [4.78, 5) is 14.0. The lowest BCUT2D eigenvalue weighted by molar-refractivity contribution is 0.0443. The van der Waals surface area contributed by atoms with Gasteiger partial charge >= 0.3 is 6.03 Å². The molecular formula is C12H13Cl2N5O2. The lowest BCUT2D eigenvalue weighted by Gasteiger charge is -2.28. The molecule has 0 saturated carbocycles. The van der Waals surface area contributed by atoms with Crippen molar-refractivity contribution in [2.45, 2.75) is 0 Å². The summed E-state index contributed by atoms with van der Waals surface area (Å²) in [5, 5.41) is 11.5. The average molecular weight is 330 g/mol. The van der Waals surface area contributed by atoms with Crippen LogP contribution in [0.2, 0.25) is 10.0 Å². The molecule has 2 aliphatic heterocycles. The van der Waals surface area contributed by atoms with Crippen LogP contribution in [0.5, 0.6) is 0 Å². The molecule has 21 heavy (non-hydrogen) atoms. The lowest BCUT2D eigenvalue weighted by atomic mass is 10.3. The smallest absolute Gasteiger partial charge is 0.343 e. The number of morpholine rings is 1. The van der Waals surface area contributed by atoms with Crippen LogP contribution < -0.4 is 5.01 Å². The van der Waals surface area contributed by atoms with Crippen molar-refractivity contribution in [3.05, 3.63) is 28.2 Å². The Morgan fingerprint density at radius 1 is 1.19 bits per heavy atom. The van der Waals surface area contributed by atoms with Gasteiger partial charge in [0.15, 0.2) is 0 Å². The summed E-state index contributed by atoms with van der Waals surface area (Å²) in [6.45, 7) is 2.41. The molecule has 1 fully saturated rings. The third kappa shape index (κ3) is 2.90. The summed E-state index contributed by atoms with van der Waals surface area (Å²) < 4.78 is 5.22. The van der Waals surface area contributed by atoms with Crippen LogP contribution in [-0.4, -0.2) is 48.9 Å². The fourth-order valence-electron chi connectivity index (χ4n) is 2.11. The number of carbonyl (C=O) groups excluding carboxylic acids is 1. The summed E-state index contributed by atoms with van der Waals surface area (Å²) >= 11 is 12.1. The minimum atomic E-state index is -0.192. The zero-order chi connectivity index (χ0) is 14.8. The first kappa shape index (κ1) is 14.4. The van der Waals surface area contributed by atoms with Crippen molar-refractivity contribution in [2.24, 2.45) is 10.4 Å². The molecule has 0 atom stereocenters. The van der Waals surface area contributed by atoms with Crippen molar-refractivity contribution in [1.82, 2.24) is 9.91 Å².